The number of nitrogens with one attached hydrogen (secondary N) is 1. The molecule has 2 aromatic carbocycles. The van der Waals surface area contributed by atoms with Crippen LogP contribution >= 0.6 is 0 Å². The van der Waals surface area contributed by atoms with Crippen LogP contribution in [0.1, 0.15) is 43.7 Å². The van der Waals surface area contributed by atoms with E-state index in [9.17, 15) is 14.7 Å². The molecular formula is C23H28N2O6. The van der Waals surface area contributed by atoms with Crippen LogP contribution in [-0.2, 0) is 9.59 Å². The predicted molar refractivity (Wildman–Crippen MR) is 114 cm³/mol. The standard InChI is InChI=1S/C23H28N2O6/c1-4-13(2)22(23(24)28)25-21(27)10-16(14-5-7-15(29-3)8-6-14)17-9-19-20(11-18(17)26)31-12-30-19/h5-9,11,13,16,22,26H,4,10,12H2,1-3H3,(H2,24,28)(H,25,27)/t13-,16?,22-/m0/s1. The first kappa shape index (κ1) is 22.3. The minimum atomic E-state index is -0.764. The fraction of sp³-hybridized carbons (Fsp3) is 0.391. The van der Waals surface area contributed by atoms with Gasteiger partial charge in [-0.25, -0.2) is 0 Å². The minimum absolute atomic E-state index is 0.000251. The Kier molecular flexibility index (Phi) is 6.89. The number of carbonyl (C=O) groups excluding carboxylic acids is 2. The van der Waals surface area contributed by atoms with E-state index in [2.05, 4.69) is 5.32 Å². The van der Waals surface area contributed by atoms with E-state index in [4.69, 9.17) is 19.9 Å². The molecule has 3 atom stereocenters. The highest BCUT2D eigenvalue weighted by Gasteiger charge is 2.28. The lowest BCUT2D eigenvalue weighted by Gasteiger charge is -2.24. The maximum Gasteiger partial charge on any atom is 0.240 e. The molecule has 0 bridgehead atoms. The highest BCUT2D eigenvalue weighted by molar-refractivity contribution is 5.87. The lowest BCUT2D eigenvalue weighted by Crippen LogP contribution is -2.48. The van der Waals surface area contributed by atoms with Crippen LogP contribution in [0.5, 0.6) is 23.0 Å². The van der Waals surface area contributed by atoms with E-state index >= 15 is 0 Å². The van der Waals surface area contributed by atoms with Gasteiger partial charge in [0, 0.05) is 24.0 Å². The highest BCUT2D eigenvalue weighted by atomic mass is 16.7. The van der Waals surface area contributed by atoms with Gasteiger partial charge in [-0.3, -0.25) is 9.59 Å². The fourth-order valence-corrected chi connectivity index (χ4v) is 3.62. The summed E-state index contributed by atoms with van der Waals surface area (Å²) < 4.78 is 16.0. The van der Waals surface area contributed by atoms with E-state index in [0.717, 1.165) is 5.56 Å². The highest BCUT2D eigenvalue weighted by Crippen LogP contribution is 2.43. The van der Waals surface area contributed by atoms with Gasteiger partial charge in [0.25, 0.3) is 0 Å². The van der Waals surface area contributed by atoms with Gasteiger partial charge in [0.15, 0.2) is 11.5 Å². The number of phenols is 1. The molecule has 1 unspecified atom stereocenters. The molecule has 8 nitrogen and oxygen atoms in total. The van der Waals surface area contributed by atoms with Crippen LogP contribution in [0.3, 0.4) is 0 Å². The van der Waals surface area contributed by atoms with Crippen LogP contribution in [0.4, 0.5) is 0 Å². The monoisotopic (exact) mass is 428 g/mol. The smallest absolute Gasteiger partial charge is 0.240 e. The van der Waals surface area contributed by atoms with E-state index in [1.165, 1.54) is 6.07 Å². The summed E-state index contributed by atoms with van der Waals surface area (Å²) in [6.45, 7) is 3.86. The van der Waals surface area contributed by atoms with E-state index in [1.807, 2.05) is 26.0 Å². The Morgan fingerprint density at radius 3 is 2.42 bits per heavy atom. The Labute approximate surface area is 181 Å². The van der Waals surface area contributed by atoms with E-state index in [1.54, 1.807) is 25.3 Å². The van der Waals surface area contributed by atoms with Crippen molar-refractivity contribution in [3.8, 4) is 23.0 Å². The van der Waals surface area contributed by atoms with Crippen molar-refractivity contribution in [1.29, 1.82) is 0 Å². The van der Waals surface area contributed by atoms with Gasteiger partial charge in [0.1, 0.15) is 17.5 Å². The number of carbonyl (C=O) groups is 2. The molecule has 31 heavy (non-hydrogen) atoms. The summed E-state index contributed by atoms with van der Waals surface area (Å²) in [6.07, 6.45) is 0.693. The number of benzene rings is 2. The molecule has 0 saturated carbocycles. The number of rotatable bonds is 9. The van der Waals surface area contributed by atoms with Crippen LogP contribution in [0, 0.1) is 5.92 Å². The number of nitrogens with two attached hydrogens (primary N) is 1. The first-order chi connectivity index (χ1) is 14.8. The third kappa shape index (κ3) is 5.02. The van der Waals surface area contributed by atoms with Crippen molar-refractivity contribution >= 4 is 11.8 Å². The van der Waals surface area contributed by atoms with Gasteiger partial charge >= 0.3 is 0 Å². The van der Waals surface area contributed by atoms with Crippen LogP contribution < -0.4 is 25.3 Å². The largest absolute Gasteiger partial charge is 0.508 e. The summed E-state index contributed by atoms with van der Waals surface area (Å²) in [4.78, 5) is 24.8. The number of amides is 2. The number of ether oxygens (including phenoxy) is 3. The van der Waals surface area contributed by atoms with Crippen molar-refractivity contribution in [2.45, 2.75) is 38.6 Å². The zero-order valence-electron chi connectivity index (χ0n) is 17.9. The molecule has 0 aliphatic carbocycles. The molecule has 8 heteroatoms. The van der Waals surface area contributed by atoms with Gasteiger partial charge < -0.3 is 30.4 Å². The molecule has 0 spiro atoms. The summed E-state index contributed by atoms with van der Waals surface area (Å²) >= 11 is 0. The third-order valence-electron chi connectivity index (χ3n) is 5.64. The van der Waals surface area contributed by atoms with E-state index in [-0.39, 0.29) is 30.8 Å². The summed E-state index contributed by atoms with van der Waals surface area (Å²) in [5, 5.41) is 13.4. The second-order valence-electron chi connectivity index (χ2n) is 7.63. The van der Waals surface area contributed by atoms with Gasteiger partial charge in [0.05, 0.1) is 7.11 Å². The molecule has 1 heterocycles. The molecule has 0 aromatic heterocycles. The molecule has 0 saturated heterocycles. The number of primary amides is 1. The second-order valence-corrected chi connectivity index (χ2v) is 7.63. The molecule has 0 radical (unpaired) electrons. The van der Waals surface area contributed by atoms with Crippen molar-refractivity contribution < 1.29 is 28.9 Å². The summed E-state index contributed by atoms with van der Waals surface area (Å²) in [5.41, 5.74) is 6.81. The van der Waals surface area contributed by atoms with Crippen LogP contribution in [0.2, 0.25) is 0 Å². The molecule has 3 rings (SSSR count). The van der Waals surface area contributed by atoms with Gasteiger partial charge in [0.2, 0.25) is 18.6 Å². The summed E-state index contributed by atoms with van der Waals surface area (Å²) in [6, 6.07) is 9.64. The van der Waals surface area contributed by atoms with Gasteiger partial charge in [-0.1, -0.05) is 32.4 Å². The van der Waals surface area contributed by atoms with Crippen molar-refractivity contribution in [3.63, 3.8) is 0 Å². The zero-order valence-corrected chi connectivity index (χ0v) is 17.9. The summed E-state index contributed by atoms with van der Waals surface area (Å²) in [5.74, 6) is 0.104. The Hall–Kier alpha value is -3.42. The van der Waals surface area contributed by atoms with Crippen molar-refractivity contribution in [1.82, 2.24) is 5.32 Å². The molecular weight excluding hydrogens is 400 g/mol. The lowest BCUT2D eigenvalue weighted by atomic mass is 9.87. The van der Waals surface area contributed by atoms with Crippen LogP contribution in [0.25, 0.3) is 0 Å². The van der Waals surface area contributed by atoms with E-state index < -0.39 is 17.9 Å². The second kappa shape index (κ2) is 9.59. The predicted octanol–water partition coefficient (Wildman–Crippen LogP) is 2.67. The molecule has 1 aliphatic rings. The lowest BCUT2D eigenvalue weighted by molar-refractivity contribution is -0.128. The number of aromatic hydroxyl groups is 1. The molecule has 1 aliphatic heterocycles. The van der Waals surface area contributed by atoms with Crippen molar-refractivity contribution in [3.05, 3.63) is 47.5 Å². The van der Waals surface area contributed by atoms with Gasteiger partial charge in [-0.2, -0.15) is 0 Å². The fourth-order valence-electron chi connectivity index (χ4n) is 3.62. The molecule has 0 fully saturated rings. The van der Waals surface area contributed by atoms with Gasteiger partial charge in [-0.05, 0) is 29.7 Å². The average molecular weight is 428 g/mol. The number of methoxy groups -OCH3 is 1. The van der Waals surface area contributed by atoms with Crippen LogP contribution in [-0.4, -0.2) is 36.9 Å². The SMILES string of the molecule is CC[C@H](C)[C@H](NC(=O)CC(c1ccc(OC)cc1)c1cc2c(cc1O)OCO2)C(N)=O. The Morgan fingerprint density at radius 2 is 1.84 bits per heavy atom. The molecule has 2 amide bonds. The molecule has 166 valence electrons. The quantitative estimate of drug-likeness (QED) is 0.565. The Bertz CT molecular complexity index is 944. The first-order valence-electron chi connectivity index (χ1n) is 10.2. The van der Waals surface area contributed by atoms with Crippen LogP contribution in [0.15, 0.2) is 36.4 Å². The number of hydrogen-bond donors (Lipinski definition) is 3. The summed E-state index contributed by atoms with van der Waals surface area (Å²) in [7, 11) is 1.57. The normalized spacial score (nSPS) is 15.1. The topological polar surface area (TPSA) is 120 Å². The Morgan fingerprint density at radius 1 is 1.19 bits per heavy atom. The van der Waals surface area contributed by atoms with Crippen molar-refractivity contribution in [2.75, 3.05) is 13.9 Å². The number of phenolic OH excluding ortho intramolecular Hbond substituents is 1. The number of fused-ring (bicyclic) bond motifs is 1. The molecule has 4 N–H and O–H groups in total. The average Bonchev–Trinajstić information content (AvgIpc) is 3.22. The Balaban J connectivity index is 1.93. The minimum Gasteiger partial charge on any atom is -0.508 e. The third-order valence-corrected chi connectivity index (χ3v) is 5.64. The first-order valence-corrected chi connectivity index (χ1v) is 10.2. The number of hydrogen-bond acceptors (Lipinski definition) is 6. The maximum atomic E-state index is 12.9. The van der Waals surface area contributed by atoms with E-state index in [0.29, 0.717) is 29.2 Å². The zero-order chi connectivity index (χ0) is 22.5. The molecule has 2 aromatic rings. The van der Waals surface area contributed by atoms with Crippen molar-refractivity contribution in [2.24, 2.45) is 11.7 Å². The van der Waals surface area contributed by atoms with Gasteiger partial charge in [-0.15, -0.1) is 0 Å². The maximum absolute atomic E-state index is 12.9.